The minimum absolute atomic E-state index is 0.0940. The van der Waals surface area contributed by atoms with Gasteiger partial charge in [-0.1, -0.05) is 0 Å². The van der Waals surface area contributed by atoms with E-state index in [1.165, 1.54) is 32.2 Å². The molecule has 0 aromatic rings. The fraction of sp³-hybridized carbons (Fsp3) is 0.909. The van der Waals surface area contributed by atoms with Crippen molar-refractivity contribution in [1.82, 2.24) is 15.5 Å². The zero-order valence-corrected chi connectivity index (χ0v) is 9.88. The summed E-state index contributed by atoms with van der Waals surface area (Å²) in [6, 6.07) is 0.721. The van der Waals surface area contributed by atoms with Gasteiger partial charge in [0.15, 0.2) is 0 Å². The van der Waals surface area contributed by atoms with Gasteiger partial charge in [0.2, 0.25) is 5.91 Å². The molecule has 1 heterocycles. The first-order chi connectivity index (χ1) is 7.22. The first-order valence-electron chi connectivity index (χ1n) is 5.85. The summed E-state index contributed by atoms with van der Waals surface area (Å²) in [6.45, 7) is 2.69. The molecule has 1 aliphatic rings. The first kappa shape index (κ1) is 12.5. The number of hydrogen-bond donors (Lipinski definition) is 2. The van der Waals surface area contributed by atoms with Crippen molar-refractivity contribution in [2.45, 2.75) is 31.7 Å². The Labute approximate surface area is 92.4 Å². The zero-order valence-electron chi connectivity index (χ0n) is 9.88. The van der Waals surface area contributed by atoms with Crippen LogP contribution in [0.25, 0.3) is 0 Å². The Morgan fingerprint density at radius 2 is 2.40 bits per heavy atom. The monoisotopic (exact) mass is 213 g/mol. The quantitative estimate of drug-likeness (QED) is 0.662. The molecule has 1 rings (SSSR count). The summed E-state index contributed by atoms with van der Waals surface area (Å²) < 4.78 is 0. The van der Waals surface area contributed by atoms with Crippen molar-refractivity contribution >= 4 is 5.91 Å². The summed E-state index contributed by atoms with van der Waals surface area (Å²) >= 11 is 0. The third kappa shape index (κ3) is 5.14. The maximum absolute atomic E-state index is 11.1. The minimum Gasteiger partial charge on any atom is -0.358 e. The van der Waals surface area contributed by atoms with Crippen LogP contribution in [0.15, 0.2) is 0 Å². The molecular weight excluding hydrogens is 190 g/mol. The molecule has 0 saturated carbocycles. The van der Waals surface area contributed by atoms with E-state index in [0.717, 1.165) is 12.6 Å². The third-order valence-corrected chi connectivity index (χ3v) is 2.95. The third-order valence-electron chi connectivity index (χ3n) is 2.95. The van der Waals surface area contributed by atoms with Gasteiger partial charge in [-0.05, 0) is 45.8 Å². The van der Waals surface area contributed by atoms with Crippen LogP contribution < -0.4 is 10.6 Å². The van der Waals surface area contributed by atoms with Gasteiger partial charge in [0.05, 0.1) is 6.54 Å². The standard InChI is InChI=1S/C11H23N3O/c1-12-11(15)9-14(2)8-4-6-10-5-3-7-13-10/h10,13H,3-9H2,1-2H3,(H,12,15). The Kier molecular flexibility index (Phi) is 5.65. The van der Waals surface area contributed by atoms with Gasteiger partial charge in [-0.15, -0.1) is 0 Å². The van der Waals surface area contributed by atoms with Gasteiger partial charge in [0, 0.05) is 13.1 Å². The summed E-state index contributed by atoms with van der Waals surface area (Å²) in [5.74, 6) is 0.0940. The van der Waals surface area contributed by atoms with E-state index < -0.39 is 0 Å². The summed E-state index contributed by atoms with van der Waals surface area (Å²) in [5.41, 5.74) is 0. The largest absolute Gasteiger partial charge is 0.358 e. The predicted octanol–water partition coefficient (Wildman–Crippen LogP) is 0.196. The van der Waals surface area contributed by atoms with Gasteiger partial charge in [-0.25, -0.2) is 0 Å². The number of carbonyl (C=O) groups excluding carboxylic acids is 1. The lowest BCUT2D eigenvalue weighted by Gasteiger charge is -2.16. The Morgan fingerprint density at radius 3 is 3.00 bits per heavy atom. The second kappa shape index (κ2) is 6.80. The van der Waals surface area contributed by atoms with Crippen LogP contribution in [0.4, 0.5) is 0 Å². The highest BCUT2D eigenvalue weighted by Gasteiger charge is 2.13. The highest BCUT2D eigenvalue weighted by Crippen LogP contribution is 2.10. The lowest BCUT2D eigenvalue weighted by molar-refractivity contribution is -0.121. The van der Waals surface area contributed by atoms with E-state index >= 15 is 0 Å². The van der Waals surface area contributed by atoms with E-state index in [4.69, 9.17) is 0 Å². The average Bonchev–Trinajstić information content (AvgIpc) is 2.70. The summed E-state index contributed by atoms with van der Waals surface area (Å²) in [7, 11) is 3.68. The second-order valence-corrected chi connectivity index (χ2v) is 4.35. The maximum atomic E-state index is 11.1. The van der Waals surface area contributed by atoms with Crippen molar-refractivity contribution in [3.8, 4) is 0 Å². The van der Waals surface area contributed by atoms with Crippen molar-refractivity contribution in [3.05, 3.63) is 0 Å². The van der Waals surface area contributed by atoms with Crippen LogP contribution in [0, 0.1) is 0 Å². The molecule has 0 bridgehead atoms. The molecule has 0 spiro atoms. The van der Waals surface area contributed by atoms with Crippen LogP contribution in [0.2, 0.25) is 0 Å². The van der Waals surface area contributed by atoms with E-state index in [1.54, 1.807) is 7.05 Å². The second-order valence-electron chi connectivity index (χ2n) is 4.35. The van der Waals surface area contributed by atoms with Crippen LogP contribution in [-0.4, -0.2) is 50.6 Å². The molecule has 1 amide bonds. The molecule has 0 aliphatic carbocycles. The van der Waals surface area contributed by atoms with Crippen LogP contribution in [0.5, 0.6) is 0 Å². The normalized spacial score (nSPS) is 20.9. The van der Waals surface area contributed by atoms with Crippen LogP contribution in [0.1, 0.15) is 25.7 Å². The number of nitrogens with zero attached hydrogens (tertiary/aromatic N) is 1. The highest BCUT2D eigenvalue weighted by atomic mass is 16.1. The molecule has 0 radical (unpaired) electrons. The van der Waals surface area contributed by atoms with Crippen LogP contribution in [0.3, 0.4) is 0 Å². The number of hydrogen-bond acceptors (Lipinski definition) is 3. The fourth-order valence-corrected chi connectivity index (χ4v) is 2.01. The SMILES string of the molecule is CNC(=O)CN(C)CCCC1CCCN1. The minimum atomic E-state index is 0.0940. The Balaban J connectivity index is 2.00. The molecule has 88 valence electrons. The molecule has 4 nitrogen and oxygen atoms in total. The zero-order chi connectivity index (χ0) is 11.1. The molecule has 1 saturated heterocycles. The van der Waals surface area contributed by atoms with Gasteiger partial charge in [-0.3, -0.25) is 9.69 Å². The molecule has 1 fully saturated rings. The topological polar surface area (TPSA) is 44.4 Å². The summed E-state index contributed by atoms with van der Waals surface area (Å²) in [6.07, 6.45) is 5.04. The van der Waals surface area contributed by atoms with Gasteiger partial charge in [0.25, 0.3) is 0 Å². The summed E-state index contributed by atoms with van der Waals surface area (Å²) in [5, 5.41) is 6.12. The van der Waals surface area contributed by atoms with Crippen molar-refractivity contribution in [1.29, 1.82) is 0 Å². The molecule has 0 aromatic carbocycles. The molecule has 0 aromatic heterocycles. The molecule has 4 heteroatoms. The molecule has 15 heavy (non-hydrogen) atoms. The van der Waals surface area contributed by atoms with Crippen LogP contribution >= 0.6 is 0 Å². The summed E-state index contributed by atoms with van der Waals surface area (Å²) in [4.78, 5) is 13.2. The average molecular weight is 213 g/mol. The number of nitrogens with one attached hydrogen (secondary N) is 2. The van der Waals surface area contributed by atoms with E-state index in [2.05, 4.69) is 15.5 Å². The van der Waals surface area contributed by atoms with Gasteiger partial charge < -0.3 is 10.6 Å². The number of rotatable bonds is 6. The lowest BCUT2D eigenvalue weighted by Crippen LogP contribution is -2.34. The molecule has 2 N–H and O–H groups in total. The Bertz CT molecular complexity index is 190. The van der Waals surface area contributed by atoms with E-state index in [9.17, 15) is 4.79 Å². The van der Waals surface area contributed by atoms with Gasteiger partial charge in [0.1, 0.15) is 0 Å². The van der Waals surface area contributed by atoms with Gasteiger partial charge >= 0.3 is 0 Å². The lowest BCUT2D eigenvalue weighted by atomic mass is 10.1. The molecule has 1 atom stereocenters. The predicted molar refractivity (Wildman–Crippen MR) is 61.8 cm³/mol. The molecule has 1 unspecified atom stereocenters. The van der Waals surface area contributed by atoms with Crippen molar-refractivity contribution in [2.24, 2.45) is 0 Å². The van der Waals surface area contributed by atoms with Crippen LogP contribution in [-0.2, 0) is 4.79 Å². The first-order valence-corrected chi connectivity index (χ1v) is 5.85. The number of carbonyl (C=O) groups is 1. The highest BCUT2D eigenvalue weighted by molar-refractivity contribution is 5.77. The van der Waals surface area contributed by atoms with Crippen molar-refractivity contribution in [3.63, 3.8) is 0 Å². The number of likely N-dealkylation sites (N-methyl/N-ethyl adjacent to an activating group) is 2. The molecule has 1 aliphatic heterocycles. The van der Waals surface area contributed by atoms with E-state index in [1.807, 2.05) is 7.05 Å². The van der Waals surface area contributed by atoms with E-state index in [-0.39, 0.29) is 5.91 Å². The van der Waals surface area contributed by atoms with Crippen molar-refractivity contribution in [2.75, 3.05) is 33.7 Å². The molecular formula is C11H23N3O. The fourth-order valence-electron chi connectivity index (χ4n) is 2.01. The van der Waals surface area contributed by atoms with Gasteiger partial charge in [-0.2, -0.15) is 0 Å². The number of amides is 1. The van der Waals surface area contributed by atoms with E-state index in [0.29, 0.717) is 6.54 Å². The smallest absolute Gasteiger partial charge is 0.233 e. The Morgan fingerprint density at radius 1 is 1.60 bits per heavy atom. The van der Waals surface area contributed by atoms with Crippen molar-refractivity contribution < 1.29 is 4.79 Å². The Hall–Kier alpha value is -0.610. The maximum Gasteiger partial charge on any atom is 0.233 e.